The molecule has 0 heterocycles. The number of esters is 2. The molecule has 0 aromatic heterocycles. The van der Waals surface area contributed by atoms with Gasteiger partial charge in [0.15, 0.2) is 6.10 Å². The molecular formula is C72H138NO8P. The number of nitrogens with zero attached hydrogens (tertiary/aromatic N) is 1. The van der Waals surface area contributed by atoms with E-state index in [9.17, 15) is 19.0 Å². The van der Waals surface area contributed by atoms with Crippen molar-refractivity contribution in [2.75, 3.05) is 47.5 Å². The van der Waals surface area contributed by atoms with Crippen molar-refractivity contribution in [3.8, 4) is 0 Å². The van der Waals surface area contributed by atoms with Crippen molar-refractivity contribution in [2.24, 2.45) is 0 Å². The lowest BCUT2D eigenvalue weighted by atomic mass is 10.0. The molecule has 0 amide bonds. The van der Waals surface area contributed by atoms with Gasteiger partial charge in [0.05, 0.1) is 27.7 Å². The Bertz CT molecular complexity index is 1480. The van der Waals surface area contributed by atoms with Crippen LogP contribution in [0, 0.1) is 0 Å². The van der Waals surface area contributed by atoms with E-state index in [4.69, 9.17) is 18.5 Å². The third-order valence-electron chi connectivity index (χ3n) is 16.1. The van der Waals surface area contributed by atoms with E-state index in [-0.39, 0.29) is 32.0 Å². The second-order valence-corrected chi connectivity index (χ2v) is 27.0. The van der Waals surface area contributed by atoms with Gasteiger partial charge in [-0.3, -0.25) is 14.2 Å². The Hall–Kier alpha value is -1.77. The fourth-order valence-corrected chi connectivity index (χ4v) is 11.4. The van der Waals surface area contributed by atoms with E-state index in [1.54, 1.807) is 0 Å². The zero-order valence-electron chi connectivity index (χ0n) is 55.2. The summed E-state index contributed by atoms with van der Waals surface area (Å²) < 4.78 is 34.3. The molecule has 0 aliphatic rings. The van der Waals surface area contributed by atoms with Crippen LogP contribution in [0.1, 0.15) is 361 Å². The summed E-state index contributed by atoms with van der Waals surface area (Å²) in [4.78, 5) is 38.0. The van der Waals surface area contributed by atoms with Gasteiger partial charge in [0.1, 0.15) is 19.8 Å². The molecule has 0 fully saturated rings. The predicted octanol–water partition coefficient (Wildman–Crippen LogP) is 22.4. The maximum absolute atomic E-state index is 12.9. The SMILES string of the molecule is CCCCCCC/C=C\C/C=C\CCCCCCCCCCCCCCCCCCCCCCCCCC(=O)OC(COC(=O)CCCCCCCCCCCCC/C=C\CCCCCCCCCC)COP(=O)([O-])OCC[N+](C)(C)C. The minimum absolute atomic E-state index is 0.0281. The highest BCUT2D eigenvalue weighted by Gasteiger charge is 2.22. The largest absolute Gasteiger partial charge is 0.756 e. The van der Waals surface area contributed by atoms with Gasteiger partial charge in [-0.1, -0.05) is 314 Å². The summed E-state index contributed by atoms with van der Waals surface area (Å²) >= 11 is 0. The van der Waals surface area contributed by atoms with Crippen LogP contribution < -0.4 is 4.89 Å². The van der Waals surface area contributed by atoms with Gasteiger partial charge < -0.3 is 27.9 Å². The van der Waals surface area contributed by atoms with Gasteiger partial charge in [-0.15, -0.1) is 0 Å². The Kier molecular flexibility index (Phi) is 62.3. The molecule has 0 aliphatic carbocycles. The average Bonchev–Trinajstić information content (AvgIpc) is 3.45. The summed E-state index contributed by atoms with van der Waals surface area (Å²) in [5.74, 6) is -0.814. The number of allylic oxidation sites excluding steroid dienone is 6. The zero-order chi connectivity index (χ0) is 59.8. The highest BCUT2D eigenvalue weighted by atomic mass is 31.2. The normalized spacial score (nSPS) is 13.3. The number of phosphoric ester groups is 1. The fourth-order valence-electron chi connectivity index (χ4n) is 10.6. The lowest BCUT2D eigenvalue weighted by Crippen LogP contribution is -2.37. The van der Waals surface area contributed by atoms with Crippen molar-refractivity contribution in [3.63, 3.8) is 0 Å². The van der Waals surface area contributed by atoms with Crippen molar-refractivity contribution in [1.82, 2.24) is 0 Å². The van der Waals surface area contributed by atoms with Gasteiger partial charge in [-0.2, -0.15) is 0 Å². The summed E-state index contributed by atoms with van der Waals surface area (Å²) in [6.07, 6.45) is 80.9. The van der Waals surface area contributed by atoms with E-state index < -0.39 is 26.5 Å². The number of likely N-dealkylation sites (N-methyl/N-ethyl adjacent to an activating group) is 1. The van der Waals surface area contributed by atoms with Crippen LogP contribution in [-0.2, 0) is 32.7 Å². The van der Waals surface area contributed by atoms with E-state index in [2.05, 4.69) is 50.3 Å². The van der Waals surface area contributed by atoms with Crippen LogP contribution >= 0.6 is 7.82 Å². The Morgan fingerprint density at radius 2 is 0.659 bits per heavy atom. The van der Waals surface area contributed by atoms with E-state index in [0.717, 1.165) is 38.5 Å². The minimum Gasteiger partial charge on any atom is -0.756 e. The molecule has 0 aliphatic heterocycles. The van der Waals surface area contributed by atoms with Gasteiger partial charge >= 0.3 is 11.9 Å². The van der Waals surface area contributed by atoms with Crippen LogP contribution in [0.25, 0.3) is 0 Å². The highest BCUT2D eigenvalue weighted by molar-refractivity contribution is 7.45. The van der Waals surface area contributed by atoms with Gasteiger partial charge in [0.25, 0.3) is 7.82 Å². The summed E-state index contributed by atoms with van der Waals surface area (Å²) in [5, 5.41) is 0. The smallest absolute Gasteiger partial charge is 0.306 e. The second-order valence-electron chi connectivity index (χ2n) is 25.6. The molecule has 2 atom stereocenters. The first-order chi connectivity index (χ1) is 40.0. The summed E-state index contributed by atoms with van der Waals surface area (Å²) in [5.41, 5.74) is 0. The highest BCUT2D eigenvalue weighted by Crippen LogP contribution is 2.38. The molecule has 0 N–H and O–H groups in total. The van der Waals surface area contributed by atoms with E-state index in [1.807, 2.05) is 21.1 Å². The molecule has 484 valence electrons. The van der Waals surface area contributed by atoms with Gasteiger partial charge in [0, 0.05) is 12.8 Å². The predicted molar refractivity (Wildman–Crippen MR) is 351 cm³/mol. The molecule has 0 aromatic rings. The van der Waals surface area contributed by atoms with Crippen LogP contribution in [0.15, 0.2) is 36.5 Å². The summed E-state index contributed by atoms with van der Waals surface area (Å²) in [6, 6.07) is 0. The molecule has 0 saturated heterocycles. The van der Waals surface area contributed by atoms with E-state index >= 15 is 0 Å². The Balaban J connectivity index is 3.96. The first kappa shape index (κ1) is 80.2. The Morgan fingerprint density at radius 1 is 0.378 bits per heavy atom. The van der Waals surface area contributed by atoms with Crippen LogP contribution in [-0.4, -0.2) is 70.0 Å². The lowest BCUT2D eigenvalue weighted by molar-refractivity contribution is -0.870. The molecule has 0 rings (SSSR count). The average molecular weight is 1180 g/mol. The number of hydrogen-bond donors (Lipinski definition) is 0. The van der Waals surface area contributed by atoms with Gasteiger partial charge in [-0.05, 0) is 70.6 Å². The Morgan fingerprint density at radius 3 is 0.976 bits per heavy atom. The zero-order valence-corrected chi connectivity index (χ0v) is 56.1. The number of carbonyl (C=O) groups excluding carboxylic acids is 2. The molecule has 2 unspecified atom stereocenters. The van der Waals surface area contributed by atoms with Crippen LogP contribution in [0.2, 0.25) is 0 Å². The quantitative estimate of drug-likeness (QED) is 0.0195. The van der Waals surface area contributed by atoms with E-state index in [0.29, 0.717) is 17.4 Å². The molecule has 0 radical (unpaired) electrons. The number of rotatable bonds is 67. The van der Waals surface area contributed by atoms with E-state index in [1.165, 1.54) is 289 Å². The standard InChI is InChI=1S/C72H138NO8P/c1-6-8-10-12-14-16-18-20-22-24-26-28-30-31-32-33-34-35-36-37-38-39-40-41-43-45-47-49-51-53-55-57-59-61-63-65-72(75)81-70(69-80-82(76,77)79-67-66-73(3,4)5)68-78-71(74)64-62-60-58-56-54-52-50-48-46-44-42-29-27-25-23-21-19-17-15-13-11-9-7-2/h18,20,24-27,70H,6-17,19,21-23,28-69H2,1-5H3/b20-18-,26-24-,27-25-. The third kappa shape index (κ3) is 67.4. The number of ether oxygens (including phenoxy) is 2. The first-order valence-electron chi connectivity index (χ1n) is 35.7. The minimum atomic E-state index is -4.64. The van der Waals surface area contributed by atoms with Crippen molar-refractivity contribution >= 4 is 19.8 Å². The monoisotopic (exact) mass is 1180 g/mol. The topological polar surface area (TPSA) is 111 Å². The molecule has 10 heteroatoms. The number of quaternary nitrogens is 1. The number of carbonyl (C=O) groups is 2. The van der Waals surface area contributed by atoms with Gasteiger partial charge in [0.2, 0.25) is 0 Å². The van der Waals surface area contributed by atoms with Crippen molar-refractivity contribution in [2.45, 2.75) is 367 Å². The maximum Gasteiger partial charge on any atom is 0.306 e. The number of unbranched alkanes of at least 4 members (excludes halogenated alkanes) is 47. The summed E-state index contributed by atoms with van der Waals surface area (Å²) in [6.45, 7) is 4.29. The molecule has 0 bridgehead atoms. The first-order valence-corrected chi connectivity index (χ1v) is 37.2. The fraction of sp³-hybridized carbons (Fsp3) is 0.889. The van der Waals surface area contributed by atoms with Crippen molar-refractivity contribution < 1.29 is 42.1 Å². The lowest BCUT2D eigenvalue weighted by Gasteiger charge is -2.28. The number of hydrogen-bond acceptors (Lipinski definition) is 8. The molecule has 9 nitrogen and oxygen atoms in total. The van der Waals surface area contributed by atoms with Crippen LogP contribution in [0.5, 0.6) is 0 Å². The molecule has 0 saturated carbocycles. The maximum atomic E-state index is 12.9. The summed E-state index contributed by atoms with van der Waals surface area (Å²) in [7, 11) is 1.19. The van der Waals surface area contributed by atoms with Crippen LogP contribution in [0.3, 0.4) is 0 Å². The van der Waals surface area contributed by atoms with Gasteiger partial charge in [-0.25, -0.2) is 0 Å². The second kappa shape index (κ2) is 63.7. The molecule has 0 aromatic carbocycles. The van der Waals surface area contributed by atoms with Crippen LogP contribution in [0.4, 0.5) is 0 Å². The molecular weight excluding hydrogens is 1040 g/mol. The molecule has 0 spiro atoms. The molecule has 82 heavy (non-hydrogen) atoms. The third-order valence-corrected chi connectivity index (χ3v) is 17.1. The van der Waals surface area contributed by atoms with Crippen molar-refractivity contribution in [1.29, 1.82) is 0 Å². The number of phosphoric acid groups is 1. The van der Waals surface area contributed by atoms with Crippen molar-refractivity contribution in [3.05, 3.63) is 36.5 Å². The Labute approximate surface area is 510 Å².